The van der Waals surface area contributed by atoms with Crippen molar-refractivity contribution in [3.8, 4) is 0 Å². The Labute approximate surface area is 111 Å². The van der Waals surface area contributed by atoms with E-state index in [0.29, 0.717) is 17.7 Å². The van der Waals surface area contributed by atoms with Crippen LogP contribution in [0.5, 0.6) is 0 Å². The first-order valence-corrected chi connectivity index (χ1v) is 6.77. The van der Waals surface area contributed by atoms with Crippen molar-refractivity contribution in [2.24, 2.45) is 17.6 Å². The Morgan fingerprint density at radius 2 is 2.17 bits per heavy atom. The van der Waals surface area contributed by atoms with Gasteiger partial charge in [-0.1, -0.05) is 24.4 Å². The Bertz CT molecular complexity index is 448. The lowest BCUT2D eigenvalue weighted by atomic mass is 9.79. The number of halogens is 1. The molecular weight excluding hydrogens is 252 g/mol. The number of aromatic nitrogens is 2. The van der Waals surface area contributed by atoms with Gasteiger partial charge in [-0.15, -0.1) is 0 Å². The predicted octanol–water partition coefficient (Wildman–Crippen LogP) is 1.60. The number of aromatic amines is 1. The third-order valence-electron chi connectivity index (χ3n) is 3.70. The molecule has 0 bridgehead atoms. The zero-order valence-electron chi connectivity index (χ0n) is 10.3. The molecule has 1 fully saturated rings. The van der Waals surface area contributed by atoms with Crippen molar-refractivity contribution < 1.29 is 0 Å². The summed E-state index contributed by atoms with van der Waals surface area (Å²) in [5.41, 5.74) is 5.48. The normalized spacial score (nSPS) is 23.9. The molecule has 0 radical (unpaired) electrons. The number of nitrogens with zero attached hydrogens (tertiary/aromatic N) is 1. The molecule has 2 atom stereocenters. The average Bonchev–Trinajstić information content (AvgIpc) is 2.41. The third-order valence-corrected chi connectivity index (χ3v) is 4.05. The molecular formula is C12H19ClN4O. The fraction of sp³-hybridized carbons (Fsp3) is 0.667. The number of anilines is 1. The first-order valence-electron chi connectivity index (χ1n) is 6.39. The summed E-state index contributed by atoms with van der Waals surface area (Å²) in [7, 11) is 0. The first-order chi connectivity index (χ1) is 8.72. The summed E-state index contributed by atoms with van der Waals surface area (Å²) in [6.07, 6.45) is 6.24. The van der Waals surface area contributed by atoms with Crippen molar-refractivity contribution in [2.45, 2.75) is 25.7 Å². The highest BCUT2D eigenvalue weighted by Crippen LogP contribution is 2.29. The highest BCUT2D eigenvalue weighted by Gasteiger charge is 2.23. The van der Waals surface area contributed by atoms with Gasteiger partial charge in [0, 0.05) is 6.54 Å². The Balaban J connectivity index is 1.98. The highest BCUT2D eigenvalue weighted by atomic mass is 35.5. The second-order valence-electron chi connectivity index (χ2n) is 4.82. The SMILES string of the molecule is NCC1CCCCC1CNc1nc[nH]c(=O)c1Cl. The van der Waals surface area contributed by atoms with Gasteiger partial charge in [-0.2, -0.15) is 0 Å². The van der Waals surface area contributed by atoms with Crippen LogP contribution in [0.1, 0.15) is 25.7 Å². The molecule has 5 nitrogen and oxygen atoms in total. The summed E-state index contributed by atoms with van der Waals surface area (Å²) >= 11 is 5.89. The monoisotopic (exact) mass is 270 g/mol. The molecule has 4 N–H and O–H groups in total. The van der Waals surface area contributed by atoms with E-state index < -0.39 is 0 Å². The fourth-order valence-electron chi connectivity index (χ4n) is 2.60. The van der Waals surface area contributed by atoms with Crippen LogP contribution in [0.4, 0.5) is 5.82 Å². The molecule has 18 heavy (non-hydrogen) atoms. The second kappa shape index (κ2) is 6.20. The van der Waals surface area contributed by atoms with Crippen LogP contribution in [-0.4, -0.2) is 23.1 Å². The molecule has 0 spiro atoms. The summed E-state index contributed by atoms with van der Waals surface area (Å²) in [4.78, 5) is 17.8. The van der Waals surface area contributed by atoms with Gasteiger partial charge in [0.05, 0.1) is 6.33 Å². The molecule has 0 saturated heterocycles. The topological polar surface area (TPSA) is 83.8 Å². The molecule has 1 aromatic rings. The van der Waals surface area contributed by atoms with E-state index in [1.807, 2.05) is 0 Å². The standard InChI is InChI=1S/C12H19ClN4O/c13-10-11(16-7-17-12(10)18)15-6-9-4-2-1-3-8(9)5-14/h7-9H,1-6,14H2,(H2,15,16,17,18). The van der Waals surface area contributed by atoms with Crippen LogP contribution >= 0.6 is 11.6 Å². The molecule has 1 saturated carbocycles. The van der Waals surface area contributed by atoms with Gasteiger partial charge in [0.15, 0.2) is 5.82 Å². The number of nitrogens with two attached hydrogens (primary N) is 1. The third kappa shape index (κ3) is 3.03. The minimum Gasteiger partial charge on any atom is -0.368 e. The molecule has 0 aromatic carbocycles. The number of nitrogens with one attached hydrogen (secondary N) is 2. The van der Waals surface area contributed by atoms with Crippen LogP contribution in [0, 0.1) is 11.8 Å². The van der Waals surface area contributed by atoms with Crippen LogP contribution in [0.25, 0.3) is 0 Å². The zero-order valence-corrected chi connectivity index (χ0v) is 11.0. The maximum atomic E-state index is 11.3. The molecule has 1 aliphatic rings. The van der Waals surface area contributed by atoms with Crippen molar-refractivity contribution in [1.82, 2.24) is 9.97 Å². The van der Waals surface area contributed by atoms with Gasteiger partial charge in [-0.3, -0.25) is 4.79 Å². The average molecular weight is 271 g/mol. The lowest BCUT2D eigenvalue weighted by Gasteiger charge is -2.30. The Morgan fingerprint density at radius 3 is 2.89 bits per heavy atom. The number of hydrogen-bond donors (Lipinski definition) is 3. The molecule has 2 rings (SSSR count). The van der Waals surface area contributed by atoms with Crippen LogP contribution in [0.15, 0.2) is 11.1 Å². The Kier molecular flexibility index (Phi) is 4.60. The number of rotatable bonds is 4. The molecule has 1 heterocycles. The van der Waals surface area contributed by atoms with Gasteiger partial charge in [-0.05, 0) is 31.2 Å². The smallest absolute Gasteiger partial charge is 0.271 e. The molecule has 0 amide bonds. The summed E-state index contributed by atoms with van der Waals surface area (Å²) in [6.45, 7) is 1.50. The van der Waals surface area contributed by atoms with Crippen molar-refractivity contribution in [3.63, 3.8) is 0 Å². The molecule has 100 valence electrons. The van der Waals surface area contributed by atoms with E-state index in [2.05, 4.69) is 15.3 Å². The van der Waals surface area contributed by atoms with Crippen molar-refractivity contribution in [3.05, 3.63) is 21.7 Å². The maximum absolute atomic E-state index is 11.3. The van der Waals surface area contributed by atoms with Crippen molar-refractivity contribution >= 4 is 17.4 Å². The minimum atomic E-state index is -0.312. The van der Waals surface area contributed by atoms with Gasteiger partial charge in [0.1, 0.15) is 5.02 Å². The summed E-state index contributed by atoms with van der Waals surface area (Å²) in [5.74, 6) is 1.56. The Morgan fingerprint density at radius 1 is 1.44 bits per heavy atom. The number of H-pyrrole nitrogens is 1. The van der Waals surface area contributed by atoms with Gasteiger partial charge in [-0.25, -0.2) is 4.98 Å². The van der Waals surface area contributed by atoms with E-state index in [0.717, 1.165) is 13.1 Å². The largest absolute Gasteiger partial charge is 0.368 e. The molecule has 2 unspecified atom stereocenters. The Hall–Kier alpha value is -1.07. The van der Waals surface area contributed by atoms with Gasteiger partial charge >= 0.3 is 0 Å². The van der Waals surface area contributed by atoms with Gasteiger partial charge < -0.3 is 16.0 Å². The van der Waals surface area contributed by atoms with Crippen LogP contribution < -0.4 is 16.6 Å². The van der Waals surface area contributed by atoms with E-state index >= 15 is 0 Å². The van der Waals surface area contributed by atoms with Crippen LogP contribution in [-0.2, 0) is 0 Å². The van der Waals surface area contributed by atoms with E-state index in [9.17, 15) is 4.79 Å². The van der Waals surface area contributed by atoms with Gasteiger partial charge in [0.25, 0.3) is 5.56 Å². The highest BCUT2D eigenvalue weighted by molar-refractivity contribution is 6.32. The van der Waals surface area contributed by atoms with E-state index in [-0.39, 0.29) is 10.6 Å². The van der Waals surface area contributed by atoms with Crippen molar-refractivity contribution in [2.75, 3.05) is 18.4 Å². The summed E-state index contributed by atoms with van der Waals surface area (Å²) in [5, 5.41) is 3.29. The lowest BCUT2D eigenvalue weighted by Crippen LogP contribution is -2.31. The first kappa shape index (κ1) is 13.4. The van der Waals surface area contributed by atoms with Gasteiger partial charge in [0.2, 0.25) is 0 Å². The number of hydrogen-bond acceptors (Lipinski definition) is 4. The van der Waals surface area contributed by atoms with E-state index in [1.165, 1.54) is 32.0 Å². The van der Waals surface area contributed by atoms with Crippen LogP contribution in [0.2, 0.25) is 5.02 Å². The lowest BCUT2D eigenvalue weighted by molar-refractivity contribution is 0.255. The second-order valence-corrected chi connectivity index (χ2v) is 5.19. The summed E-state index contributed by atoms with van der Waals surface area (Å²) < 4.78 is 0. The van der Waals surface area contributed by atoms with E-state index in [1.54, 1.807) is 0 Å². The fourth-order valence-corrected chi connectivity index (χ4v) is 2.77. The molecule has 1 aromatic heterocycles. The van der Waals surface area contributed by atoms with E-state index in [4.69, 9.17) is 17.3 Å². The summed E-state index contributed by atoms with van der Waals surface area (Å²) in [6, 6.07) is 0. The van der Waals surface area contributed by atoms with Crippen LogP contribution in [0.3, 0.4) is 0 Å². The minimum absolute atomic E-state index is 0.123. The van der Waals surface area contributed by atoms with Crippen molar-refractivity contribution in [1.29, 1.82) is 0 Å². The molecule has 1 aliphatic carbocycles. The molecule has 6 heteroatoms. The maximum Gasteiger partial charge on any atom is 0.271 e. The zero-order chi connectivity index (χ0) is 13.0. The molecule has 0 aliphatic heterocycles. The predicted molar refractivity (Wildman–Crippen MR) is 72.9 cm³/mol. The quantitative estimate of drug-likeness (QED) is 0.776.